The van der Waals surface area contributed by atoms with Gasteiger partial charge in [0.2, 0.25) is 0 Å². The van der Waals surface area contributed by atoms with Crippen molar-refractivity contribution in [3.05, 3.63) is 42.4 Å². The van der Waals surface area contributed by atoms with Crippen molar-refractivity contribution in [3.63, 3.8) is 0 Å². The van der Waals surface area contributed by atoms with E-state index in [0.29, 0.717) is 6.42 Å². The van der Waals surface area contributed by atoms with Crippen LogP contribution in [0.3, 0.4) is 0 Å². The van der Waals surface area contributed by atoms with Crippen LogP contribution in [0, 0.1) is 5.92 Å². The second-order valence-electron chi connectivity index (χ2n) is 7.02. The van der Waals surface area contributed by atoms with Crippen LogP contribution in [-0.2, 0) is 6.42 Å². The molecule has 2 aliphatic rings. The van der Waals surface area contributed by atoms with Crippen molar-refractivity contribution in [3.8, 4) is 11.3 Å². The second kappa shape index (κ2) is 6.08. The topological polar surface area (TPSA) is 38.1 Å². The van der Waals surface area contributed by atoms with Gasteiger partial charge in [-0.05, 0) is 50.0 Å². The fraction of sp³-hybridized carbons (Fsp3) is 0.526. The van der Waals surface area contributed by atoms with E-state index in [0.717, 1.165) is 37.8 Å². The quantitative estimate of drug-likeness (QED) is 0.932. The number of aromatic nitrogens is 2. The number of nitrogens with zero attached hydrogens (tertiary/aromatic N) is 2. The number of aliphatic hydroxyl groups excluding tert-OH is 1. The Kier molecular flexibility index (Phi) is 3.93. The number of aliphatic hydroxyl groups is 1. The van der Waals surface area contributed by atoms with E-state index >= 15 is 0 Å². The van der Waals surface area contributed by atoms with Gasteiger partial charge in [-0.15, -0.1) is 0 Å². The molecule has 2 aromatic rings. The summed E-state index contributed by atoms with van der Waals surface area (Å²) in [6, 6.07) is 8.50. The van der Waals surface area contributed by atoms with Crippen LogP contribution in [0.25, 0.3) is 11.3 Å². The monoisotopic (exact) mass is 314 g/mol. The summed E-state index contributed by atoms with van der Waals surface area (Å²) in [6.45, 7) is 0. The lowest BCUT2D eigenvalue weighted by molar-refractivity contribution is 0.0718. The van der Waals surface area contributed by atoms with Crippen LogP contribution in [0.5, 0.6) is 0 Å². The normalized spacial score (nSPS) is 28.0. The summed E-state index contributed by atoms with van der Waals surface area (Å²) in [5.74, 6) is 0.0996. The minimum Gasteiger partial charge on any atom is -0.393 e. The minimum atomic E-state index is -0.798. The maximum absolute atomic E-state index is 14.9. The van der Waals surface area contributed by atoms with E-state index in [4.69, 9.17) is 0 Å². The average Bonchev–Trinajstić information content (AvgIpc) is 3.06. The fourth-order valence-corrected chi connectivity index (χ4v) is 4.22. The highest BCUT2D eigenvalue weighted by Gasteiger charge is 2.31. The molecular weight excluding hydrogens is 291 g/mol. The fourth-order valence-electron chi connectivity index (χ4n) is 4.22. The van der Waals surface area contributed by atoms with Crippen molar-refractivity contribution in [2.45, 2.75) is 56.8 Å². The molecule has 1 fully saturated rings. The van der Waals surface area contributed by atoms with Crippen molar-refractivity contribution in [1.82, 2.24) is 9.55 Å². The molecule has 2 atom stereocenters. The van der Waals surface area contributed by atoms with Gasteiger partial charge in [-0.3, -0.25) is 0 Å². The summed E-state index contributed by atoms with van der Waals surface area (Å²) < 4.78 is 17.0. The number of rotatable bonds is 3. The van der Waals surface area contributed by atoms with Crippen LogP contribution in [0.2, 0.25) is 0 Å². The molecule has 1 aliphatic carbocycles. The first-order valence-corrected chi connectivity index (χ1v) is 8.64. The van der Waals surface area contributed by atoms with E-state index in [1.807, 2.05) is 18.6 Å². The van der Waals surface area contributed by atoms with Crippen molar-refractivity contribution < 1.29 is 9.50 Å². The van der Waals surface area contributed by atoms with Crippen LogP contribution in [0.4, 0.5) is 4.39 Å². The second-order valence-corrected chi connectivity index (χ2v) is 7.02. The van der Waals surface area contributed by atoms with E-state index in [2.05, 4.69) is 27.8 Å². The highest BCUT2D eigenvalue weighted by atomic mass is 19.1. The highest BCUT2D eigenvalue weighted by molar-refractivity contribution is 5.65. The Labute approximate surface area is 136 Å². The van der Waals surface area contributed by atoms with Gasteiger partial charge in [0.05, 0.1) is 24.3 Å². The molecule has 0 radical (unpaired) electrons. The molecule has 4 rings (SSSR count). The van der Waals surface area contributed by atoms with Crippen LogP contribution in [-0.4, -0.2) is 26.9 Å². The Morgan fingerprint density at radius 3 is 2.83 bits per heavy atom. The number of hydrogen-bond acceptors (Lipinski definition) is 2. The first-order chi connectivity index (χ1) is 11.2. The van der Waals surface area contributed by atoms with Gasteiger partial charge in [-0.25, -0.2) is 9.37 Å². The number of hydrogen-bond donors (Lipinski definition) is 1. The van der Waals surface area contributed by atoms with Gasteiger partial charge in [-0.1, -0.05) is 24.3 Å². The highest BCUT2D eigenvalue weighted by Crippen LogP contribution is 2.39. The van der Waals surface area contributed by atoms with Crippen molar-refractivity contribution in [1.29, 1.82) is 0 Å². The van der Waals surface area contributed by atoms with Crippen molar-refractivity contribution in [2.75, 3.05) is 0 Å². The lowest BCUT2D eigenvalue weighted by atomic mass is 9.81. The number of imidazole rings is 1. The number of alkyl halides is 1. The Hall–Kier alpha value is -1.68. The summed E-state index contributed by atoms with van der Waals surface area (Å²) >= 11 is 0. The maximum atomic E-state index is 14.9. The predicted molar refractivity (Wildman–Crippen MR) is 87.9 cm³/mol. The first-order valence-electron chi connectivity index (χ1n) is 8.64. The Balaban J connectivity index is 1.52. The van der Waals surface area contributed by atoms with E-state index < -0.39 is 6.17 Å². The van der Waals surface area contributed by atoms with Gasteiger partial charge >= 0.3 is 0 Å². The predicted octanol–water partition coefficient (Wildman–Crippen LogP) is 3.93. The maximum Gasteiger partial charge on any atom is 0.105 e. The third kappa shape index (κ3) is 2.80. The molecule has 4 heteroatoms. The van der Waals surface area contributed by atoms with E-state index in [9.17, 15) is 9.50 Å². The first kappa shape index (κ1) is 14.9. The van der Waals surface area contributed by atoms with E-state index in [-0.39, 0.29) is 18.1 Å². The van der Waals surface area contributed by atoms with Crippen molar-refractivity contribution >= 4 is 0 Å². The lowest BCUT2D eigenvalue weighted by Gasteiger charge is -2.33. The third-order valence-electron chi connectivity index (χ3n) is 5.56. The molecule has 0 amide bonds. The average molecular weight is 314 g/mol. The van der Waals surface area contributed by atoms with Crippen LogP contribution in [0.15, 0.2) is 36.8 Å². The molecule has 2 heterocycles. The molecule has 1 aromatic carbocycles. The van der Waals surface area contributed by atoms with Gasteiger partial charge in [0.1, 0.15) is 6.17 Å². The molecule has 3 nitrogen and oxygen atoms in total. The minimum absolute atomic E-state index is 0.0996. The molecule has 1 aliphatic heterocycles. The zero-order valence-corrected chi connectivity index (χ0v) is 13.2. The summed E-state index contributed by atoms with van der Waals surface area (Å²) in [6.07, 6.45) is 7.22. The number of fused-ring (bicyclic) bond motifs is 3. The molecule has 1 aromatic heterocycles. The van der Waals surface area contributed by atoms with Gasteiger partial charge < -0.3 is 9.67 Å². The molecule has 1 N–H and O–H groups in total. The molecule has 0 spiro atoms. The van der Waals surface area contributed by atoms with Gasteiger partial charge in [0, 0.05) is 11.6 Å². The van der Waals surface area contributed by atoms with E-state index in [1.165, 1.54) is 11.1 Å². The molecule has 23 heavy (non-hydrogen) atoms. The van der Waals surface area contributed by atoms with E-state index in [1.54, 1.807) is 0 Å². The van der Waals surface area contributed by atoms with Crippen molar-refractivity contribution in [2.24, 2.45) is 5.92 Å². The number of halogens is 1. The SMILES string of the molecule is OC1CCC(C(F)CC2Cc3ccccc3-c3cncn32)CC1. The molecular formula is C19H23FN2O. The zero-order chi connectivity index (χ0) is 15.8. The molecule has 122 valence electrons. The van der Waals surface area contributed by atoms with Crippen LogP contribution >= 0.6 is 0 Å². The molecule has 0 bridgehead atoms. The largest absolute Gasteiger partial charge is 0.393 e. The summed E-state index contributed by atoms with van der Waals surface area (Å²) in [4.78, 5) is 4.29. The molecule has 2 unspecified atom stereocenters. The Morgan fingerprint density at radius 2 is 2.00 bits per heavy atom. The standard InChI is InChI=1S/C19H23FN2O/c20-18(13-5-7-16(23)8-6-13)10-15-9-14-3-1-2-4-17(14)19-11-21-12-22(15)19/h1-4,11-13,15-16,18,23H,5-10H2. The van der Waals surface area contributed by atoms with Gasteiger partial charge in [0.15, 0.2) is 0 Å². The summed E-state index contributed by atoms with van der Waals surface area (Å²) in [7, 11) is 0. The van der Waals surface area contributed by atoms with Gasteiger partial charge in [0.25, 0.3) is 0 Å². The third-order valence-corrected chi connectivity index (χ3v) is 5.56. The van der Waals surface area contributed by atoms with Crippen LogP contribution < -0.4 is 0 Å². The zero-order valence-electron chi connectivity index (χ0n) is 13.2. The Morgan fingerprint density at radius 1 is 1.22 bits per heavy atom. The molecule has 1 saturated carbocycles. The summed E-state index contributed by atoms with van der Waals surface area (Å²) in [5.41, 5.74) is 3.61. The lowest BCUT2D eigenvalue weighted by Crippen LogP contribution is -2.29. The van der Waals surface area contributed by atoms with Crippen LogP contribution in [0.1, 0.15) is 43.7 Å². The van der Waals surface area contributed by atoms with Gasteiger partial charge in [-0.2, -0.15) is 0 Å². The summed E-state index contributed by atoms with van der Waals surface area (Å²) in [5, 5.41) is 9.61. The molecule has 0 saturated heterocycles. The number of benzene rings is 1. The Bertz CT molecular complexity index is 676. The smallest absolute Gasteiger partial charge is 0.105 e.